The molecule has 0 atom stereocenters. The van der Waals surface area contributed by atoms with Crippen LogP contribution in [0.2, 0.25) is 0 Å². The Morgan fingerprint density at radius 3 is 2.71 bits per heavy atom. The molecule has 0 radical (unpaired) electrons. The molecule has 0 bridgehead atoms. The minimum Gasteiger partial charge on any atom is -0.465 e. The first kappa shape index (κ1) is 19.9. The summed E-state index contributed by atoms with van der Waals surface area (Å²) in [6, 6.07) is 10.8. The predicted molar refractivity (Wildman–Crippen MR) is 109 cm³/mol. The first-order chi connectivity index (χ1) is 13.3. The quantitative estimate of drug-likeness (QED) is 0.618. The number of hydrogen-bond acceptors (Lipinski definition) is 6. The zero-order chi connectivity index (χ0) is 20.1. The molecule has 0 saturated carbocycles. The Morgan fingerprint density at radius 2 is 2.00 bits per heavy atom. The van der Waals surface area contributed by atoms with Crippen molar-refractivity contribution < 1.29 is 17.3 Å². The molecule has 0 amide bonds. The van der Waals surface area contributed by atoms with Crippen LogP contribution in [-0.2, 0) is 16.6 Å². The van der Waals surface area contributed by atoms with Gasteiger partial charge in [0.05, 0.1) is 29.5 Å². The third-order valence-electron chi connectivity index (χ3n) is 4.01. The van der Waals surface area contributed by atoms with Gasteiger partial charge in [0.25, 0.3) is 0 Å². The predicted octanol–water partition coefficient (Wildman–Crippen LogP) is 3.76. The molecule has 3 rings (SSSR count). The van der Waals surface area contributed by atoms with Gasteiger partial charge in [0.15, 0.2) is 0 Å². The van der Waals surface area contributed by atoms with Crippen molar-refractivity contribution in [3.63, 3.8) is 0 Å². The fourth-order valence-electron chi connectivity index (χ4n) is 2.70. The topological polar surface area (TPSA) is 88.6 Å². The maximum atomic E-state index is 11.6. The van der Waals surface area contributed by atoms with Gasteiger partial charge in [-0.15, -0.1) is 0 Å². The highest BCUT2D eigenvalue weighted by atomic mass is 32.2. The number of nitrogens with one attached hydrogen (secondary N) is 1. The second-order valence-electron chi connectivity index (χ2n) is 6.56. The van der Waals surface area contributed by atoms with E-state index in [0.717, 1.165) is 17.7 Å². The molecule has 0 aliphatic carbocycles. The maximum Gasteiger partial charge on any atom is 0.229 e. The van der Waals surface area contributed by atoms with E-state index >= 15 is 0 Å². The van der Waals surface area contributed by atoms with E-state index in [1.165, 1.54) is 0 Å². The van der Waals surface area contributed by atoms with Gasteiger partial charge in [-0.05, 0) is 44.3 Å². The molecule has 8 heteroatoms. The number of nitrogens with zero attached hydrogens (tertiary/aromatic N) is 2. The molecule has 2 heterocycles. The number of likely N-dealkylation sites (N-methyl/N-ethyl adjacent to an activating group) is 1. The molecule has 7 nitrogen and oxygen atoms in total. The van der Waals surface area contributed by atoms with Crippen LogP contribution in [0.1, 0.15) is 17.2 Å². The highest BCUT2D eigenvalue weighted by Gasteiger charge is 2.16. The van der Waals surface area contributed by atoms with Crippen LogP contribution in [0.15, 0.2) is 57.6 Å². The first-order valence-electron chi connectivity index (χ1n) is 8.74. The second kappa shape index (κ2) is 8.45. The van der Waals surface area contributed by atoms with Gasteiger partial charge < -0.3 is 8.83 Å². The van der Waals surface area contributed by atoms with Crippen molar-refractivity contribution in [2.24, 2.45) is 0 Å². The van der Waals surface area contributed by atoms with E-state index in [2.05, 4.69) is 14.6 Å². The number of aryl methyl sites for hydroxylation is 1. The van der Waals surface area contributed by atoms with Gasteiger partial charge in [0.2, 0.25) is 15.9 Å². The van der Waals surface area contributed by atoms with Gasteiger partial charge in [0, 0.05) is 13.1 Å². The maximum absolute atomic E-state index is 11.6. The van der Waals surface area contributed by atoms with E-state index in [0.29, 0.717) is 36.0 Å². The van der Waals surface area contributed by atoms with Crippen molar-refractivity contribution in [3.8, 4) is 11.5 Å². The molecule has 148 valence electrons. The number of sulfonamides is 1. The summed E-state index contributed by atoms with van der Waals surface area (Å²) in [4.78, 5) is 6.67. The second-order valence-corrected chi connectivity index (χ2v) is 8.30. The number of anilines is 1. The van der Waals surface area contributed by atoms with Crippen LogP contribution in [0.3, 0.4) is 0 Å². The molecule has 0 spiro atoms. The fourth-order valence-corrected chi connectivity index (χ4v) is 3.28. The SMILES string of the molecule is Cc1oc(-c2ccccc2NS(C)(=O)=O)nc1CN(C)C/C=C/c1ccco1. The Hall–Kier alpha value is -2.84. The molecule has 2 aromatic heterocycles. The van der Waals surface area contributed by atoms with Crippen LogP contribution in [0, 0.1) is 6.92 Å². The summed E-state index contributed by atoms with van der Waals surface area (Å²) >= 11 is 0. The largest absolute Gasteiger partial charge is 0.465 e. The molecular formula is C20H23N3O4S. The zero-order valence-electron chi connectivity index (χ0n) is 16.0. The van der Waals surface area contributed by atoms with Crippen molar-refractivity contribution in [3.05, 3.63) is 66.0 Å². The smallest absolute Gasteiger partial charge is 0.229 e. The number of furan rings is 1. The third kappa shape index (κ3) is 5.34. The van der Waals surface area contributed by atoms with Crippen molar-refractivity contribution in [1.29, 1.82) is 0 Å². The van der Waals surface area contributed by atoms with Crippen LogP contribution >= 0.6 is 0 Å². The Morgan fingerprint density at radius 1 is 1.21 bits per heavy atom. The average Bonchev–Trinajstić information content (AvgIpc) is 3.24. The fraction of sp³-hybridized carbons (Fsp3) is 0.250. The van der Waals surface area contributed by atoms with E-state index in [4.69, 9.17) is 8.83 Å². The van der Waals surface area contributed by atoms with E-state index < -0.39 is 10.0 Å². The van der Waals surface area contributed by atoms with Gasteiger partial charge in [-0.2, -0.15) is 0 Å². The normalized spacial score (nSPS) is 12.1. The Labute approximate surface area is 164 Å². The van der Waals surface area contributed by atoms with Crippen LogP contribution in [0.4, 0.5) is 5.69 Å². The lowest BCUT2D eigenvalue weighted by Crippen LogP contribution is -2.18. The van der Waals surface area contributed by atoms with Crippen LogP contribution in [-0.4, -0.2) is 38.1 Å². The highest BCUT2D eigenvalue weighted by molar-refractivity contribution is 7.92. The zero-order valence-corrected chi connectivity index (χ0v) is 16.9. The molecule has 0 unspecified atom stereocenters. The van der Waals surface area contributed by atoms with Crippen LogP contribution in [0.5, 0.6) is 0 Å². The van der Waals surface area contributed by atoms with Gasteiger partial charge in [-0.1, -0.05) is 18.2 Å². The molecular weight excluding hydrogens is 378 g/mol. The van der Waals surface area contributed by atoms with E-state index in [-0.39, 0.29) is 0 Å². The van der Waals surface area contributed by atoms with Crippen molar-refractivity contribution in [1.82, 2.24) is 9.88 Å². The first-order valence-corrected chi connectivity index (χ1v) is 10.6. The number of rotatable bonds is 8. The van der Waals surface area contributed by atoms with Gasteiger partial charge in [-0.3, -0.25) is 9.62 Å². The molecule has 28 heavy (non-hydrogen) atoms. The molecule has 3 aromatic rings. The van der Waals surface area contributed by atoms with Gasteiger partial charge in [-0.25, -0.2) is 13.4 Å². The number of benzene rings is 1. The summed E-state index contributed by atoms with van der Waals surface area (Å²) in [6.45, 7) is 3.17. The monoisotopic (exact) mass is 401 g/mol. The third-order valence-corrected chi connectivity index (χ3v) is 4.60. The Balaban J connectivity index is 1.73. The summed E-state index contributed by atoms with van der Waals surface area (Å²) in [5.41, 5.74) is 1.84. The lowest BCUT2D eigenvalue weighted by molar-refractivity contribution is 0.356. The summed E-state index contributed by atoms with van der Waals surface area (Å²) in [7, 11) is -1.42. The summed E-state index contributed by atoms with van der Waals surface area (Å²) in [6.07, 6.45) is 6.69. The number of para-hydroxylation sites is 1. The Kier molecular flexibility index (Phi) is 6.01. The number of oxazole rings is 1. The van der Waals surface area contributed by atoms with E-state index in [1.54, 1.807) is 24.5 Å². The average molecular weight is 401 g/mol. The molecule has 1 aromatic carbocycles. The van der Waals surface area contributed by atoms with E-state index in [1.807, 2.05) is 44.3 Å². The van der Waals surface area contributed by atoms with Gasteiger partial charge >= 0.3 is 0 Å². The summed E-state index contributed by atoms with van der Waals surface area (Å²) in [5, 5.41) is 0. The minimum atomic E-state index is -3.40. The summed E-state index contributed by atoms with van der Waals surface area (Å²) < 4.78 is 36.8. The molecule has 0 saturated heterocycles. The van der Waals surface area contributed by atoms with Crippen molar-refractivity contribution in [2.45, 2.75) is 13.5 Å². The summed E-state index contributed by atoms with van der Waals surface area (Å²) in [5.74, 6) is 1.90. The van der Waals surface area contributed by atoms with Crippen LogP contribution in [0.25, 0.3) is 17.5 Å². The number of aromatic nitrogens is 1. The minimum absolute atomic E-state index is 0.388. The highest BCUT2D eigenvalue weighted by Crippen LogP contribution is 2.29. The molecule has 0 aliphatic rings. The van der Waals surface area contributed by atoms with Crippen molar-refractivity contribution >= 4 is 21.8 Å². The molecule has 1 N–H and O–H groups in total. The van der Waals surface area contributed by atoms with Crippen LogP contribution < -0.4 is 4.72 Å². The standard InChI is InChI=1S/C20H23N3O4S/c1-15-19(14-23(2)12-6-8-16-9-7-13-26-16)21-20(27-15)17-10-4-5-11-18(17)22-28(3,24)25/h4-11,13,22H,12,14H2,1-3H3/b8-6+. The lowest BCUT2D eigenvalue weighted by Gasteiger charge is -2.12. The Bertz CT molecular complexity index is 1050. The van der Waals surface area contributed by atoms with Crippen molar-refractivity contribution in [2.75, 3.05) is 24.6 Å². The molecule has 0 fully saturated rings. The number of hydrogen-bond donors (Lipinski definition) is 1. The lowest BCUT2D eigenvalue weighted by atomic mass is 10.2. The van der Waals surface area contributed by atoms with Gasteiger partial charge in [0.1, 0.15) is 11.5 Å². The van der Waals surface area contributed by atoms with E-state index in [9.17, 15) is 8.42 Å². The molecule has 0 aliphatic heterocycles.